The first kappa shape index (κ1) is 15.7. The van der Waals surface area contributed by atoms with Crippen LogP contribution in [0.1, 0.15) is 50.4 Å². The van der Waals surface area contributed by atoms with Crippen molar-refractivity contribution >= 4 is 11.5 Å². The molecule has 2 fully saturated rings. The summed E-state index contributed by atoms with van der Waals surface area (Å²) in [6.45, 7) is 3.42. The molecule has 2 aliphatic rings. The molecule has 2 atom stereocenters. The predicted molar refractivity (Wildman–Crippen MR) is 86.7 cm³/mol. The number of morpholine rings is 1. The molecule has 0 aromatic carbocycles. The quantitative estimate of drug-likeness (QED) is 0.839. The number of ether oxygens (including phenoxy) is 1. The maximum Gasteiger partial charge on any atom is 0.280 e. The first-order valence-corrected chi connectivity index (χ1v) is 8.71. The number of anilines is 1. The maximum absolute atomic E-state index is 13.3. The lowest BCUT2D eigenvalue weighted by molar-refractivity contribution is 0.0898. The van der Waals surface area contributed by atoms with Crippen LogP contribution < -0.4 is 4.90 Å². The standard InChI is InChI=1S/C17H22F2N4O/c1-2-3-4-11-7-15-20-14(17(18)19)8-16(23(15)21-11)22-12-5-6-13(22)10-24-9-12/h7-8,12-13,17H,2-6,9-10H2,1H3. The Labute approximate surface area is 139 Å². The zero-order chi connectivity index (χ0) is 16.7. The Morgan fingerprint density at radius 1 is 1.25 bits per heavy atom. The van der Waals surface area contributed by atoms with E-state index in [-0.39, 0.29) is 17.8 Å². The largest absolute Gasteiger partial charge is 0.377 e. The van der Waals surface area contributed by atoms with Crippen molar-refractivity contribution < 1.29 is 13.5 Å². The zero-order valence-electron chi connectivity index (χ0n) is 13.8. The van der Waals surface area contributed by atoms with Crippen LogP contribution in [0.4, 0.5) is 14.6 Å². The third-order valence-electron chi connectivity index (χ3n) is 4.99. The van der Waals surface area contributed by atoms with Gasteiger partial charge in [-0.25, -0.2) is 13.8 Å². The topological polar surface area (TPSA) is 42.7 Å². The van der Waals surface area contributed by atoms with E-state index in [1.54, 1.807) is 4.52 Å². The number of nitrogens with zero attached hydrogens (tertiary/aromatic N) is 4. The highest BCUT2D eigenvalue weighted by Crippen LogP contribution is 2.35. The molecule has 2 bridgehead atoms. The van der Waals surface area contributed by atoms with Gasteiger partial charge in [-0.1, -0.05) is 13.3 Å². The normalized spacial score (nSPS) is 23.6. The summed E-state index contributed by atoms with van der Waals surface area (Å²) < 4.78 is 34.0. The van der Waals surface area contributed by atoms with E-state index in [4.69, 9.17) is 4.74 Å². The molecule has 0 radical (unpaired) electrons. The van der Waals surface area contributed by atoms with Crippen molar-refractivity contribution in [2.75, 3.05) is 18.1 Å². The van der Waals surface area contributed by atoms with Crippen molar-refractivity contribution in [1.82, 2.24) is 14.6 Å². The van der Waals surface area contributed by atoms with Crippen molar-refractivity contribution in [2.24, 2.45) is 0 Å². The van der Waals surface area contributed by atoms with Crippen LogP contribution >= 0.6 is 0 Å². The van der Waals surface area contributed by atoms with Crippen LogP contribution in [0.3, 0.4) is 0 Å². The van der Waals surface area contributed by atoms with Gasteiger partial charge in [-0.3, -0.25) is 0 Å². The van der Waals surface area contributed by atoms with E-state index in [1.165, 1.54) is 6.07 Å². The number of fused-ring (bicyclic) bond motifs is 3. The van der Waals surface area contributed by atoms with Crippen LogP contribution in [-0.4, -0.2) is 39.9 Å². The van der Waals surface area contributed by atoms with Gasteiger partial charge >= 0.3 is 0 Å². The molecule has 4 rings (SSSR count). The highest BCUT2D eigenvalue weighted by atomic mass is 19.3. The summed E-state index contributed by atoms with van der Waals surface area (Å²) in [6, 6.07) is 3.82. The molecule has 2 aromatic heterocycles. The van der Waals surface area contributed by atoms with Crippen LogP contribution in [0.15, 0.2) is 12.1 Å². The SMILES string of the molecule is CCCCc1cc2nc(C(F)F)cc(N3C4CCC3COC4)n2n1. The Morgan fingerprint density at radius 3 is 2.67 bits per heavy atom. The van der Waals surface area contributed by atoms with Gasteiger partial charge in [0.05, 0.1) is 31.0 Å². The van der Waals surface area contributed by atoms with E-state index in [9.17, 15) is 8.78 Å². The Hall–Kier alpha value is -1.76. The number of rotatable bonds is 5. The number of hydrogen-bond acceptors (Lipinski definition) is 4. The number of aryl methyl sites for hydroxylation is 1. The second-order valence-corrected chi connectivity index (χ2v) is 6.68. The first-order valence-electron chi connectivity index (χ1n) is 8.71. The fourth-order valence-electron chi connectivity index (χ4n) is 3.80. The van der Waals surface area contributed by atoms with Crippen molar-refractivity contribution in [1.29, 1.82) is 0 Å². The number of alkyl halides is 2. The molecule has 4 heterocycles. The summed E-state index contributed by atoms with van der Waals surface area (Å²) in [4.78, 5) is 6.34. The third kappa shape index (κ3) is 2.64. The Kier molecular flexibility index (Phi) is 4.12. The molecule has 0 spiro atoms. The number of halogens is 2. The molecule has 24 heavy (non-hydrogen) atoms. The molecule has 2 saturated heterocycles. The lowest BCUT2D eigenvalue weighted by atomic mass is 10.2. The Morgan fingerprint density at radius 2 is 2.00 bits per heavy atom. The van der Waals surface area contributed by atoms with Crippen LogP contribution in [0, 0.1) is 0 Å². The van der Waals surface area contributed by atoms with Crippen molar-refractivity contribution in [2.45, 2.75) is 57.5 Å². The summed E-state index contributed by atoms with van der Waals surface area (Å²) in [5, 5.41) is 4.65. The van der Waals surface area contributed by atoms with Crippen LogP contribution in [-0.2, 0) is 11.2 Å². The Bertz CT molecular complexity index is 717. The van der Waals surface area contributed by atoms with Gasteiger partial charge in [0.1, 0.15) is 11.5 Å². The van der Waals surface area contributed by atoms with Gasteiger partial charge in [-0.05, 0) is 25.7 Å². The molecule has 2 aliphatic heterocycles. The van der Waals surface area contributed by atoms with Gasteiger partial charge < -0.3 is 9.64 Å². The smallest absolute Gasteiger partial charge is 0.280 e. The van der Waals surface area contributed by atoms with E-state index >= 15 is 0 Å². The van der Waals surface area contributed by atoms with Crippen molar-refractivity contribution in [3.8, 4) is 0 Å². The minimum atomic E-state index is -2.58. The molecule has 0 saturated carbocycles. The summed E-state index contributed by atoms with van der Waals surface area (Å²) in [5.74, 6) is 0.730. The second kappa shape index (κ2) is 6.27. The zero-order valence-corrected chi connectivity index (χ0v) is 13.8. The summed E-state index contributed by atoms with van der Waals surface area (Å²) in [7, 11) is 0. The molecular weight excluding hydrogens is 314 g/mol. The molecular formula is C17H22F2N4O. The lowest BCUT2D eigenvalue weighted by Crippen LogP contribution is -2.46. The molecule has 0 amide bonds. The summed E-state index contributed by atoms with van der Waals surface area (Å²) >= 11 is 0. The van der Waals surface area contributed by atoms with E-state index in [0.717, 1.165) is 43.6 Å². The fourth-order valence-corrected chi connectivity index (χ4v) is 3.80. The maximum atomic E-state index is 13.3. The van der Waals surface area contributed by atoms with Gasteiger partial charge in [-0.2, -0.15) is 9.61 Å². The van der Waals surface area contributed by atoms with Gasteiger partial charge in [0.2, 0.25) is 0 Å². The molecule has 2 unspecified atom stereocenters. The lowest BCUT2D eigenvalue weighted by Gasteiger charge is -2.36. The fraction of sp³-hybridized carbons (Fsp3) is 0.647. The highest BCUT2D eigenvalue weighted by molar-refractivity contribution is 5.54. The molecule has 0 N–H and O–H groups in total. The number of hydrogen-bond donors (Lipinski definition) is 0. The molecule has 2 aromatic rings. The van der Waals surface area contributed by atoms with E-state index in [1.807, 2.05) is 6.07 Å². The molecule has 0 aliphatic carbocycles. The average molecular weight is 336 g/mol. The van der Waals surface area contributed by atoms with Gasteiger partial charge in [-0.15, -0.1) is 0 Å². The number of unbranched alkanes of at least 4 members (excludes halogenated alkanes) is 1. The van der Waals surface area contributed by atoms with Crippen LogP contribution in [0.2, 0.25) is 0 Å². The van der Waals surface area contributed by atoms with Crippen molar-refractivity contribution in [3.63, 3.8) is 0 Å². The first-order chi connectivity index (χ1) is 11.7. The summed E-state index contributed by atoms with van der Waals surface area (Å²) in [5.41, 5.74) is 1.25. The second-order valence-electron chi connectivity index (χ2n) is 6.68. The van der Waals surface area contributed by atoms with Gasteiger partial charge in [0, 0.05) is 12.1 Å². The number of aromatic nitrogens is 3. The van der Waals surface area contributed by atoms with Crippen LogP contribution in [0.5, 0.6) is 0 Å². The Balaban J connectivity index is 1.81. The van der Waals surface area contributed by atoms with E-state index < -0.39 is 6.43 Å². The molecule has 7 heteroatoms. The summed E-state index contributed by atoms with van der Waals surface area (Å²) in [6.07, 6.45) is 2.43. The minimum Gasteiger partial charge on any atom is -0.377 e. The third-order valence-corrected chi connectivity index (χ3v) is 4.99. The predicted octanol–water partition coefficient (Wildman–Crippen LogP) is 3.38. The monoisotopic (exact) mass is 336 g/mol. The highest BCUT2D eigenvalue weighted by Gasteiger charge is 2.39. The van der Waals surface area contributed by atoms with Crippen molar-refractivity contribution in [3.05, 3.63) is 23.5 Å². The van der Waals surface area contributed by atoms with Gasteiger partial charge in [0.15, 0.2) is 5.65 Å². The molecule has 130 valence electrons. The van der Waals surface area contributed by atoms with Crippen LogP contribution in [0.25, 0.3) is 5.65 Å². The average Bonchev–Trinajstić information content (AvgIpc) is 3.09. The molecule has 5 nitrogen and oxygen atoms in total. The van der Waals surface area contributed by atoms with E-state index in [2.05, 4.69) is 21.9 Å². The van der Waals surface area contributed by atoms with E-state index in [0.29, 0.717) is 18.9 Å². The minimum absolute atomic E-state index is 0.176. The van der Waals surface area contributed by atoms with Gasteiger partial charge in [0.25, 0.3) is 6.43 Å².